The maximum Gasteiger partial charge on any atom is 0.235 e. The second-order valence-electron chi connectivity index (χ2n) is 30.5. The first-order valence-electron chi connectivity index (χ1n) is 39.5. The van der Waals surface area contributed by atoms with Crippen molar-refractivity contribution in [3.8, 4) is 67.8 Å². The van der Waals surface area contributed by atoms with Crippen LogP contribution in [0.4, 0.5) is 0 Å². The molecular weight excluding hydrogens is 1490 g/mol. The predicted molar refractivity (Wildman–Crippen MR) is 490 cm³/mol. The fourth-order valence-corrected chi connectivity index (χ4v) is 21.1. The summed E-state index contributed by atoms with van der Waals surface area (Å²) in [6.45, 7) is 0. The Hall–Kier alpha value is -15.3. The van der Waals surface area contributed by atoms with Gasteiger partial charge in [0.25, 0.3) is 0 Å². The van der Waals surface area contributed by atoms with Crippen molar-refractivity contribution in [2.75, 3.05) is 0 Å². The van der Waals surface area contributed by atoms with Crippen LogP contribution < -0.4 is 0 Å². The van der Waals surface area contributed by atoms with Crippen molar-refractivity contribution in [1.29, 1.82) is 0 Å². The summed E-state index contributed by atoms with van der Waals surface area (Å²) in [6, 6.07) is 124. The normalized spacial score (nSPS) is 12.2. The minimum Gasteiger partial charge on any atom is -0.456 e. The average Bonchev–Trinajstić information content (AvgIpc) is 1.55. The molecule has 17 aromatic carbocycles. The molecule has 12 heteroatoms. The quantitative estimate of drug-likeness (QED) is 0.155. The predicted octanol–water partition coefficient (Wildman–Crippen LogP) is 30.1. The Kier molecular flexibility index (Phi) is 13.8. The number of benzene rings is 17. The molecule has 0 spiro atoms. The SMILES string of the molecule is c1ccc(-c2cccc(-c3nc(-n4c5ccccc5c5c6oc7cc(-c8ccc9c(c8)oc8ccccc89)c8ccccc8c7c6ccc54)nc4c3sc3ccccc34)c2)cc1.c1ccc(-c2nc(-n3c4ccccc4c4c5oc6cc(-c7ccc8c(c7)oc7ccccc78)c7ccccc7c6c5ccc43)nc3c2sc2ccccc23)cc1. The Morgan fingerprint density at radius 1 is 0.212 bits per heavy atom. The molecule has 548 valence electrons. The lowest BCUT2D eigenvalue weighted by atomic mass is 9.94. The van der Waals surface area contributed by atoms with Crippen LogP contribution in [0.1, 0.15) is 0 Å². The first-order valence-corrected chi connectivity index (χ1v) is 41.2. The highest BCUT2D eigenvalue weighted by molar-refractivity contribution is 7.26. The fraction of sp³-hybridized carbons (Fsp3) is 0. The zero-order chi connectivity index (χ0) is 77.0. The molecule has 0 N–H and O–H groups in total. The van der Waals surface area contributed by atoms with Crippen LogP contribution in [-0.4, -0.2) is 29.1 Å². The number of fused-ring (bicyclic) bond motifs is 30. The summed E-state index contributed by atoms with van der Waals surface area (Å²) in [4.78, 5) is 21.7. The Morgan fingerprint density at radius 2 is 0.593 bits per heavy atom. The lowest BCUT2D eigenvalue weighted by molar-refractivity contribution is 0.668. The maximum absolute atomic E-state index is 7.12. The van der Waals surface area contributed by atoms with Crippen LogP contribution >= 0.6 is 22.7 Å². The smallest absolute Gasteiger partial charge is 0.235 e. The first-order chi connectivity index (χ1) is 58.5. The number of rotatable bonds is 7. The molecule has 0 atom stereocenters. The average molecular weight is 1540 g/mol. The Bertz CT molecular complexity index is 8990. The van der Waals surface area contributed by atoms with E-state index in [1.807, 2.05) is 30.3 Å². The van der Waals surface area contributed by atoms with E-state index in [-0.39, 0.29) is 0 Å². The third-order valence-electron chi connectivity index (χ3n) is 24.0. The zero-order valence-corrected chi connectivity index (χ0v) is 64.3. The van der Waals surface area contributed by atoms with E-state index in [2.05, 4.69) is 331 Å². The molecule has 0 amide bonds. The summed E-state index contributed by atoms with van der Waals surface area (Å²) in [5, 5.41) is 20.0. The molecule has 0 aliphatic carbocycles. The van der Waals surface area contributed by atoms with Crippen molar-refractivity contribution in [2.45, 2.75) is 0 Å². The number of hydrogen-bond donors (Lipinski definition) is 0. The lowest BCUT2D eigenvalue weighted by Gasteiger charge is -2.11. The summed E-state index contributed by atoms with van der Waals surface area (Å²) >= 11 is 3.50. The van der Waals surface area contributed by atoms with Crippen molar-refractivity contribution < 1.29 is 17.7 Å². The minimum atomic E-state index is 0.622. The molecule has 0 aliphatic heterocycles. The number of aromatic nitrogens is 6. The van der Waals surface area contributed by atoms with Crippen LogP contribution in [-0.2, 0) is 0 Å². The topological polar surface area (TPSA) is 114 Å². The summed E-state index contributed by atoms with van der Waals surface area (Å²) in [7, 11) is 0. The molecule has 0 bridgehead atoms. The van der Waals surface area contributed by atoms with Crippen LogP contribution in [0.2, 0.25) is 0 Å². The van der Waals surface area contributed by atoms with E-state index in [9.17, 15) is 0 Å². The molecule has 0 fully saturated rings. The van der Waals surface area contributed by atoms with Gasteiger partial charge in [0.05, 0.1) is 64.7 Å². The molecule has 27 rings (SSSR count). The molecule has 0 radical (unpaired) electrons. The Balaban J connectivity index is 0.000000129. The third-order valence-corrected chi connectivity index (χ3v) is 26.4. The number of furan rings is 4. The van der Waals surface area contributed by atoms with Gasteiger partial charge in [-0.25, -0.2) is 19.9 Å². The van der Waals surface area contributed by atoms with E-state index < -0.39 is 0 Å². The maximum atomic E-state index is 7.12. The van der Waals surface area contributed by atoms with Gasteiger partial charge in [0.15, 0.2) is 0 Å². The fourth-order valence-electron chi connectivity index (χ4n) is 18.8. The standard InChI is InChI=1S/C56H31N3O2S.C50H27N3O2S/c1-2-13-32(14-3-1)33-15-12-16-35(29-33)52-55-53(41-21-8-11-24-49(41)62-55)58-56(57-52)59-44-22-9-6-20-40(44)51-45(59)28-27-42-50-39-19-5-4-17-36(39)43(31-48(50)61-54(42)51)34-25-26-38-37-18-7-10-23-46(37)60-47(38)30-34;1-2-12-28(13-3-1)46-49-47(35-18-8-11-21-43(35)56-49)52-50(51-46)53-38-19-9-6-17-34(38)45-39(53)25-24-36-44-33-16-5-4-14-30(33)37(27-42(44)55-48(36)45)29-22-23-32-31-15-7-10-20-40(31)54-41(32)26-29/h1-31H;1-27H. The lowest BCUT2D eigenvalue weighted by Crippen LogP contribution is -2.02. The molecule has 0 unspecified atom stereocenters. The third kappa shape index (κ3) is 9.60. The van der Waals surface area contributed by atoms with E-state index in [4.69, 9.17) is 37.6 Å². The van der Waals surface area contributed by atoms with E-state index in [0.29, 0.717) is 11.9 Å². The van der Waals surface area contributed by atoms with Crippen molar-refractivity contribution >= 4 is 216 Å². The number of para-hydroxylation sites is 4. The highest BCUT2D eigenvalue weighted by atomic mass is 32.1. The number of thiophene rings is 2. The number of nitrogens with zero attached hydrogens (tertiary/aromatic N) is 6. The highest BCUT2D eigenvalue weighted by Crippen LogP contribution is 2.50. The van der Waals surface area contributed by atoms with E-state index >= 15 is 0 Å². The Morgan fingerprint density at radius 3 is 1.09 bits per heavy atom. The molecule has 118 heavy (non-hydrogen) atoms. The minimum absolute atomic E-state index is 0.622. The summed E-state index contributed by atoms with van der Waals surface area (Å²) in [5.74, 6) is 1.26. The second kappa shape index (κ2) is 25.1. The van der Waals surface area contributed by atoms with Gasteiger partial charge in [0.2, 0.25) is 11.9 Å². The molecule has 10 heterocycles. The van der Waals surface area contributed by atoms with E-state index in [0.717, 1.165) is 229 Å². The van der Waals surface area contributed by atoms with Gasteiger partial charge in [0.1, 0.15) is 44.7 Å². The highest BCUT2D eigenvalue weighted by Gasteiger charge is 2.28. The van der Waals surface area contributed by atoms with E-state index in [1.54, 1.807) is 22.7 Å². The van der Waals surface area contributed by atoms with Crippen LogP contribution in [0.3, 0.4) is 0 Å². The van der Waals surface area contributed by atoms with Crippen molar-refractivity contribution in [1.82, 2.24) is 29.1 Å². The van der Waals surface area contributed by atoms with Gasteiger partial charge in [-0.2, -0.15) is 0 Å². The van der Waals surface area contributed by atoms with Crippen LogP contribution in [0.15, 0.2) is 370 Å². The van der Waals surface area contributed by atoms with Gasteiger partial charge in [-0.3, -0.25) is 9.13 Å². The summed E-state index contributed by atoms with van der Waals surface area (Å²) in [5.41, 5.74) is 23.5. The van der Waals surface area contributed by atoms with Gasteiger partial charge < -0.3 is 17.7 Å². The van der Waals surface area contributed by atoms with Gasteiger partial charge >= 0.3 is 0 Å². The molecule has 27 aromatic rings. The van der Waals surface area contributed by atoms with Gasteiger partial charge in [-0.05, 0) is 158 Å². The molecule has 10 nitrogen and oxygen atoms in total. The zero-order valence-electron chi connectivity index (χ0n) is 62.6. The molecule has 0 saturated carbocycles. The molecule has 0 saturated heterocycles. The van der Waals surface area contributed by atoms with Crippen molar-refractivity contribution in [2.24, 2.45) is 0 Å². The van der Waals surface area contributed by atoms with Crippen LogP contribution in [0.5, 0.6) is 0 Å². The monoisotopic (exact) mass is 1540 g/mol. The van der Waals surface area contributed by atoms with Gasteiger partial charge in [0, 0.05) is 85.2 Å². The molecule has 0 aliphatic rings. The van der Waals surface area contributed by atoms with E-state index in [1.165, 1.54) is 20.3 Å². The molecular formula is C106H58N6O4S2. The largest absolute Gasteiger partial charge is 0.456 e. The Labute approximate surface area is 677 Å². The molecule has 10 aromatic heterocycles. The van der Waals surface area contributed by atoms with Gasteiger partial charge in [-0.15, -0.1) is 22.7 Å². The van der Waals surface area contributed by atoms with Gasteiger partial charge in [-0.1, -0.05) is 249 Å². The summed E-state index contributed by atoms with van der Waals surface area (Å²) < 4.78 is 35.8. The van der Waals surface area contributed by atoms with Crippen LogP contribution in [0.25, 0.3) is 261 Å². The summed E-state index contributed by atoms with van der Waals surface area (Å²) in [6.07, 6.45) is 0. The first kappa shape index (κ1) is 65.1. The number of hydrogen-bond acceptors (Lipinski definition) is 10. The van der Waals surface area contributed by atoms with Crippen molar-refractivity contribution in [3.05, 3.63) is 352 Å². The van der Waals surface area contributed by atoms with Crippen molar-refractivity contribution in [3.63, 3.8) is 0 Å². The van der Waals surface area contributed by atoms with Crippen LogP contribution in [0, 0.1) is 0 Å². The second-order valence-corrected chi connectivity index (χ2v) is 32.6.